The molecule has 0 atom stereocenters. The third-order valence-corrected chi connectivity index (χ3v) is 2.68. The molecule has 3 rings (SSSR count). The van der Waals surface area contributed by atoms with Crippen LogP contribution in [-0.4, -0.2) is 17.4 Å². The highest BCUT2D eigenvalue weighted by Gasteiger charge is 2.20. The first-order chi connectivity index (χ1) is 7.36. The van der Waals surface area contributed by atoms with Crippen LogP contribution in [0, 0.1) is 0 Å². The van der Waals surface area contributed by atoms with Crippen LogP contribution in [0.15, 0.2) is 41.5 Å². The molecule has 0 amide bonds. The molecule has 1 aromatic rings. The van der Waals surface area contributed by atoms with E-state index in [1.165, 1.54) is 11.1 Å². The normalized spacial score (nSPS) is 17.7. The summed E-state index contributed by atoms with van der Waals surface area (Å²) in [5.74, 6) is 0.568. The van der Waals surface area contributed by atoms with Gasteiger partial charge in [0.05, 0.1) is 12.2 Å². The molecule has 1 aromatic carbocycles. The van der Waals surface area contributed by atoms with E-state index in [1.807, 2.05) is 23.2 Å². The zero-order chi connectivity index (χ0) is 10.3. The Balaban J connectivity index is 2.18. The van der Waals surface area contributed by atoms with Crippen LogP contribution in [0.1, 0.15) is 11.1 Å². The quantitative estimate of drug-likeness (QED) is 0.687. The van der Waals surface area contributed by atoms with Gasteiger partial charge in [0.1, 0.15) is 0 Å². The van der Waals surface area contributed by atoms with Crippen LogP contribution in [-0.2, 0) is 0 Å². The van der Waals surface area contributed by atoms with Crippen molar-refractivity contribution < 1.29 is 0 Å². The minimum Gasteiger partial charge on any atom is -0.369 e. The Morgan fingerprint density at radius 3 is 3.07 bits per heavy atom. The van der Waals surface area contributed by atoms with Crippen LogP contribution in [0.3, 0.4) is 0 Å². The van der Waals surface area contributed by atoms with Gasteiger partial charge < -0.3 is 5.73 Å². The number of nitrogens with two attached hydrogens (primary N) is 1. The summed E-state index contributed by atoms with van der Waals surface area (Å²) < 4.78 is 0. The summed E-state index contributed by atoms with van der Waals surface area (Å²) in [6.45, 7) is 0.667. The van der Waals surface area contributed by atoms with Crippen molar-refractivity contribution in [2.45, 2.75) is 0 Å². The number of hydrogen-bond donors (Lipinski definition) is 1. The lowest BCUT2D eigenvalue weighted by Crippen LogP contribution is -2.35. The highest BCUT2D eigenvalue weighted by atomic mass is 15.3. The van der Waals surface area contributed by atoms with Crippen molar-refractivity contribution in [1.82, 2.24) is 4.90 Å². The van der Waals surface area contributed by atoms with E-state index in [0.717, 1.165) is 5.70 Å². The maximum absolute atomic E-state index is 5.83. The molecule has 2 heterocycles. The highest BCUT2D eigenvalue weighted by Crippen LogP contribution is 2.30. The zero-order valence-corrected chi connectivity index (χ0v) is 8.22. The molecule has 74 valence electrons. The van der Waals surface area contributed by atoms with Gasteiger partial charge in [-0.1, -0.05) is 24.3 Å². The molecule has 2 N–H and O–H groups in total. The summed E-state index contributed by atoms with van der Waals surface area (Å²) in [6, 6.07) is 8.29. The van der Waals surface area contributed by atoms with Crippen molar-refractivity contribution >= 4 is 17.7 Å². The number of guanidine groups is 1. The lowest BCUT2D eigenvalue weighted by molar-refractivity contribution is 0.751. The maximum Gasteiger partial charge on any atom is 0.200 e. The minimum atomic E-state index is 0.568. The number of rotatable bonds is 0. The Labute approximate surface area is 88.2 Å². The second-order valence-electron chi connectivity index (χ2n) is 3.56. The van der Waals surface area contributed by atoms with Crippen LogP contribution in [0.2, 0.25) is 0 Å². The first-order valence-electron chi connectivity index (χ1n) is 4.93. The molecule has 0 radical (unpaired) electrons. The average Bonchev–Trinajstić information content (AvgIpc) is 2.29. The fraction of sp³-hybridized carbons (Fsp3) is 0.0833. The van der Waals surface area contributed by atoms with Gasteiger partial charge in [0.2, 0.25) is 0 Å². The molecule has 15 heavy (non-hydrogen) atoms. The maximum atomic E-state index is 5.83. The summed E-state index contributed by atoms with van der Waals surface area (Å²) in [4.78, 5) is 6.10. The van der Waals surface area contributed by atoms with Crippen LogP contribution < -0.4 is 5.73 Å². The Morgan fingerprint density at radius 1 is 1.27 bits per heavy atom. The topological polar surface area (TPSA) is 41.6 Å². The summed E-state index contributed by atoms with van der Waals surface area (Å²) in [6.07, 6.45) is 6.12. The van der Waals surface area contributed by atoms with E-state index >= 15 is 0 Å². The molecule has 2 aliphatic heterocycles. The molecule has 0 spiro atoms. The molecule has 3 nitrogen and oxygen atoms in total. The van der Waals surface area contributed by atoms with Crippen molar-refractivity contribution in [1.29, 1.82) is 0 Å². The third-order valence-electron chi connectivity index (χ3n) is 2.68. The van der Waals surface area contributed by atoms with Gasteiger partial charge in [-0.2, -0.15) is 0 Å². The summed E-state index contributed by atoms with van der Waals surface area (Å²) in [5.41, 5.74) is 9.42. The van der Waals surface area contributed by atoms with Gasteiger partial charge in [-0.25, -0.2) is 4.99 Å². The van der Waals surface area contributed by atoms with Crippen LogP contribution in [0.25, 0.3) is 11.8 Å². The summed E-state index contributed by atoms with van der Waals surface area (Å²) in [5, 5.41) is 0. The van der Waals surface area contributed by atoms with Crippen LogP contribution in [0.4, 0.5) is 0 Å². The van der Waals surface area contributed by atoms with Crippen molar-refractivity contribution in [2.24, 2.45) is 10.7 Å². The van der Waals surface area contributed by atoms with Gasteiger partial charge in [0.15, 0.2) is 5.96 Å². The number of nitrogens with zero attached hydrogens (tertiary/aromatic N) is 2. The van der Waals surface area contributed by atoms with Gasteiger partial charge in [0.25, 0.3) is 0 Å². The summed E-state index contributed by atoms with van der Waals surface area (Å²) >= 11 is 0. The monoisotopic (exact) mass is 197 g/mol. The number of aliphatic imine (C=N–C) groups is 1. The van der Waals surface area contributed by atoms with E-state index in [2.05, 4.69) is 29.3 Å². The van der Waals surface area contributed by atoms with Crippen LogP contribution in [0.5, 0.6) is 0 Å². The molecule has 2 aliphatic rings. The van der Waals surface area contributed by atoms with E-state index in [4.69, 9.17) is 5.73 Å². The Hall–Kier alpha value is -2.03. The molecule has 0 saturated heterocycles. The molecule has 0 fully saturated rings. The number of benzene rings is 1. The third kappa shape index (κ3) is 1.16. The van der Waals surface area contributed by atoms with Crippen molar-refractivity contribution in [3.8, 4) is 0 Å². The lowest BCUT2D eigenvalue weighted by Gasteiger charge is -2.29. The Kier molecular flexibility index (Phi) is 1.65. The van der Waals surface area contributed by atoms with Crippen LogP contribution >= 0.6 is 0 Å². The summed E-state index contributed by atoms with van der Waals surface area (Å²) in [7, 11) is 0. The fourth-order valence-electron chi connectivity index (χ4n) is 1.95. The lowest BCUT2D eigenvalue weighted by atomic mass is 10.00. The minimum absolute atomic E-state index is 0.568. The average molecular weight is 197 g/mol. The van der Waals surface area contributed by atoms with E-state index in [-0.39, 0.29) is 0 Å². The molecule has 0 aliphatic carbocycles. The Bertz CT molecular complexity index is 497. The van der Waals surface area contributed by atoms with Gasteiger partial charge in [0, 0.05) is 11.8 Å². The molecular weight excluding hydrogens is 186 g/mol. The van der Waals surface area contributed by atoms with Gasteiger partial charge in [-0.15, -0.1) is 0 Å². The van der Waals surface area contributed by atoms with Crippen molar-refractivity contribution in [3.63, 3.8) is 0 Å². The van der Waals surface area contributed by atoms with E-state index in [9.17, 15) is 0 Å². The molecule has 0 aromatic heterocycles. The van der Waals surface area contributed by atoms with E-state index in [1.54, 1.807) is 0 Å². The van der Waals surface area contributed by atoms with Crippen molar-refractivity contribution in [2.75, 3.05) is 6.54 Å². The van der Waals surface area contributed by atoms with E-state index < -0.39 is 0 Å². The fourth-order valence-corrected chi connectivity index (χ4v) is 1.95. The predicted octanol–water partition coefficient (Wildman–Crippen LogP) is 1.64. The first-order valence-corrected chi connectivity index (χ1v) is 4.93. The molecule has 3 heteroatoms. The molecule has 0 bridgehead atoms. The standard InChI is InChI=1S/C12H11N3/c13-12-14-7-5-11-10-4-2-1-3-9(10)6-8-15(11)12/h1-6,8H,7H2,(H2,13,14). The smallest absolute Gasteiger partial charge is 0.200 e. The first kappa shape index (κ1) is 8.29. The largest absolute Gasteiger partial charge is 0.369 e. The molecule has 0 saturated carbocycles. The molecule has 0 unspecified atom stereocenters. The Morgan fingerprint density at radius 2 is 2.13 bits per heavy atom. The molecular formula is C12H11N3. The number of hydrogen-bond acceptors (Lipinski definition) is 3. The van der Waals surface area contributed by atoms with Gasteiger partial charge in [-0.05, 0) is 17.7 Å². The van der Waals surface area contributed by atoms with E-state index in [0.29, 0.717) is 12.5 Å². The van der Waals surface area contributed by atoms with Gasteiger partial charge >= 0.3 is 0 Å². The van der Waals surface area contributed by atoms with Gasteiger partial charge in [-0.3, -0.25) is 4.90 Å². The predicted molar refractivity (Wildman–Crippen MR) is 61.8 cm³/mol. The second kappa shape index (κ2) is 2.98. The van der Waals surface area contributed by atoms with Crippen molar-refractivity contribution in [3.05, 3.63) is 47.7 Å². The highest BCUT2D eigenvalue weighted by molar-refractivity contribution is 5.94. The second-order valence-corrected chi connectivity index (χ2v) is 3.56. The SMILES string of the molecule is NC1=NCC=C2c3ccccc3C=CN21. The number of fused-ring (bicyclic) bond motifs is 3. The zero-order valence-electron chi connectivity index (χ0n) is 8.22.